The Morgan fingerprint density at radius 3 is 2.03 bits per heavy atom. The van der Waals surface area contributed by atoms with Gasteiger partial charge in [-0.15, -0.1) is 6.58 Å². The number of alkyl halides is 9. The zero-order valence-electron chi connectivity index (χ0n) is 19.8. The molecule has 1 aliphatic rings. The summed E-state index contributed by atoms with van der Waals surface area (Å²) in [6.45, 7) is 2.99. The lowest BCUT2D eigenvalue weighted by molar-refractivity contribution is -0.145. The molecule has 1 aliphatic heterocycles. The average molecular weight is 553 g/mol. The molecule has 0 radical (unpaired) electrons. The molecule has 3 atom stereocenters. The van der Waals surface area contributed by atoms with Crippen molar-refractivity contribution in [1.82, 2.24) is 4.90 Å². The zero-order chi connectivity index (χ0) is 28.5. The summed E-state index contributed by atoms with van der Waals surface area (Å²) in [5, 5.41) is 9.66. The van der Waals surface area contributed by atoms with Gasteiger partial charge in [0.05, 0.1) is 22.6 Å². The summed E-state index contributed by atoms with van der Waals surface area (Å²) in [5.41, 5.74) is -3.82. The third kappa shape index (κ3) is 6.89. The van der Waals surface area contributed by atoms with Crippen LogP contribution in [0.1, 0.15) is 53.1 Å². The summed E-state index contributed by atoms with van der Waals surface area (Å²) < 4.78 is 120. The number of allylic oxidation sites excluding steroid dienone is 1. The molecule has 208 valence electrons. The molecule has 0 bridgehead atoms. The SMILES string of the molecule is C=CC[C@H](C(=O)O)[C@H]1CCN(Cc2cc(C(F)(F)F)ccc2C(F)(F)F)[C@@H](c2ccc(C(F)(F)F)cc2)C1. The van der Waals surface area contributed by atoms with Crippen molar-refractivity contribution in [2.75, 3.05) is 6.54 Å². The van der Waals surface area contributed by atoms with Crippen molar-refractivity contribution >= 4 is 5.97 Å². The summed E-state index contributed by atoms with van der Waals surface area (Å²) in [5.74, 6) is -2.49. The van der Waals surface area contributed by atoms with Crippen molar-refractivity contribution in [3.05, 3.63) is 82.9 Å². The number of aliphatic carboxylic acids is 1. The second-order valence-electron chi connectivity index (χ2n) is 9.23. The van der Waals surface area contributed by atoms with E-state index < -0.39 is 71.2 Å². The topological polar surface area (TPSA) is 40.5 Å². The largest absolute Gasteiger partial charge is 0.481 e. The average Bonchev–Trinajstić information content (AvgIpc) is 2.81. The first-order chi connectivity index (χ1) is 17.5. The molecule has 1 fully saturated rings. The predicted octanol–water partition coefficient (Wildman–Crippen LogP) is 7.97. The van der Waals surface area contributed by atoms with Crippen molar-refractivity contribution in [3.63, 3.8) is 0 Å². The Balaban J connectivity index is 2.04. The van der Waals surface area contributed by atoms with Gasteiger partial charge >= 0.3 is 24.5 Å². The molecule has 0 spiro atoms. The van der Waals surface area contributed by atoms with Crippen molar-refractivity contribution in [2.45, 2.75) is 50.4 Å². The molecule has 3 rings (SSSR count). The highest BCUT2D eigenvalue weighted by Gasteiger charge is 2.40. The van der Waals surface area contributed by atoms with Crippen LogP contribution in [-0.4, -0.2) is 22.5 Å². The number of nitrogens with zero attached hydrogens (tertiary/aromatic N) is 1. The monoisotopic (exact) mass is 553 g/mol. The Kier molecular flexibility index (Phi) is 8.55. The highest BCUT2D eigenvalue weighted by molar-refractivity contribution is 5.70. The summed E-state index contributed by atoms with van der Waals surface area (Å²) >= 11 is 0. The first-order valence-electron chi connectivity index (χ1n) is 11.5. The van der Waals surface area contributed by atoms with E-state index in [1.54, 1.807) is 0 Å². The highest BCUT2D eigenvalue weighted by atomic mass is 19.4. The number of hydrogen-bond acceptors (Lipinski definition) is 2. The van der Waals surface area contributed by atoms with Crippen LogP contribution in [0.25, 0.3) is 0 Å². The molecule has 38 heavy (non-hydrogen) atoms. The van der Waals surface area contributed by atoms with Crippen LogP contribution < -0.4 is 0 Å². The molecule has 0 saturated carbocycles. The summed E-state index contributed by atoms with van der Waals surface area (Å²) in [7, 11) is 0. The number of likely N-dealkylation sites (tertiary alicyclic amines) is 1. The molecule has 2 aromatic rings. The highest BCUT2D eigenvalue weighted by Crippen LogP contribution is 2.43. The van der Waals surface area contributed by atoms with E-state index in [-0.39, 0.29) is 31.4 Å². The van der Waals surface area contributed by atoms with Gasteiger partial charge in [0.1, 0.15) is 0 Å². The Morgan fingerprint density at radius 1 is 0.947 bits per heavy atom. The second kappa shape index (κ2) is 11.0. The van der Waals surface area contributed by atoms with Crippen LogP contribution in [0.3, 0.4) is 0 Å². The van der Waals surface area contributed by atoms with Crippen LogP contribution in [0.15, 0.2) is 55.1 Å². The molecule has 0 aromatic heterocycles. The lowest BCUT2D eigenvalue weighted by atomic mass is 9.77. The van der Waals surface area contributed by atoms with E-state index in [1.807, 2.05) is 0 Å². The number of rotatable bonds is 7. The minimum atomic E-state index is -4.94. The second-order valence-corrected chi connectivity index (χ2v) is 9.23. The molecule has 0 amide bonds. The van der Waals surface area contributed by atoms with E-state index >= 15 is 0 Å². The van der Waals surface area contributed by atoms with Crippen molar-refractivity contribution in [1.29, 1.82) is 0 Å². The normalized spacial score (nSPS) is 20.2. The van der Waals surface area contributed by atoms with Gasteiger partial charge in [0.2, 0.25) is 0 Å². The Morgan fingerprint density at radius 2 is 1.53 bits per heavy atom. The predicted molar refractivity (Wildman–Crippen MR) is 120 cm³/mol. The van der Waals surface area contributed by atoms with Crippen LogP contribution in [0.4, 0.5) is 39.5 Å². The Labute approximate surface area is 212 Å². The van der Waals surface area contributed by atoms with Gasteiger partial charge in [0.25, 0.3) is 0 Å². The number of piperidine rings is 1. The van der Waals surface area contributed by atoms with E-state index in [0.29, 0.717) is 18.2 Å². The minimum absolute atomic E-state index is 0.0187. The molecular formula is C26H24F9NO2. The fraction of sp³-hybridized carbons (Fsp3) is 0.423. The summed E-state index contributed by atoms with van der Waals surface area (Å²) in [6, 6.07) is 4.23. The van der Waals surface area contributed by atoms with E-state index in [2.05, 4.69) is 6.58 Å². The van der Waals surface area contributed by atoms with E-state index in [1.165, 1.54) is 11.0 Å². The molecule has 12 heteroatoms. The van der Waals surface area contributed by atoms with E-state index in [9.17, 15) is 49.4 Å². The minimum Gasteiger partial charge on any atom is -0.481 e. The number of carboxylic acid groups (broad SMARTS) is 1. The van der Waals surface area contributed by atoms with Crippen LogP contribution in [0, 0.1) is 11.8 Å². The molecule has 1 N–H and O–H groups in total. The van der Waals surface area contributed by atoms with Gasteiger partial charge in [0, 0.05) is 12.6 Å². The summed E-state index contributed by atoms with van der Waals surface area (Å²) in [4.78, 5) is 13.3. The maximum atomic E-state index is 13.7. The molecule has 3 nitrogen and oxygen atoms in total. The van der Waals surface area contributed by atoms with Gasteiger partial charge in [-0.05, 0) is 73.2 Å². The fourth-order valence-electron chi connectivity index (χ4n) is 4.91. The number of carbonyl (C=O) groups is 1. The van der Waals surface area contributed by atoms with Crippen molar-refractivity contribution in [3.8, 4) is 0 Å². The maximum Gasteiger partial charge on any atom is 0.416 e. The number of benzene rings is 2. The van der Waals surface area contributed by atoms with Gasteiger partial charge in [-0.25, -0.2) is 0 Å². The smallest absolute Gasteiger partial charge is 0.416 e. The molecule has 0 aliphatic carbocycles. The van der Waals surface area contributed by atoms with Crippen molar-refractivity contribution in [2.24, 2.45) is 11.8 Å². The van der Waals surface area contributed by atoms with Gasteiger partial charge in [0.15, 0.2) is 0 Å². The molecular weight excluding hydrogens is 529 g/mol. The third-order valence-electron chi connectivity index (χ3n) is 6.79. The van der Waals surface area contributed by atoms with E-state index in [4.69, 9.17) is 0 Å². The Hall–Kier alpha value is -3.02. The first kappa shape index (κ1) is 29.5. The molecule has 0 unspecified atom stereocenters. The standard InChI is InChI=1S/C26H24F9NO2/c1-2-3-20(23(37)38)16-10-11-36(22(13-16)15-4-6-18(7-5-15)24(27,28)29)14-17-12-19(25(30,31)32)8-9-21(17)26(33,34)35/h2,4-9,12,16,20,22H,1,3,10-11,13-14H2,(H,37,38)/t16-,20-,22+/m0/s1. The Bertz CT molecular complexity index is 1140. The lowest BCUT2D eigenvalue weighted by Crippen LogP contribution is -2.40. The maximum absolute atomic E-state index is 13.7. The number of carboxylic acids is 1. The number of hydrogen-bond donors (Lipinski definition) is 1. The fourth-order valence-corrected chi connectivity index (χ4v) is 4.91. The quantitative estimate of drug-likeness (QED) is 0.279. The number of halogens is 9. The van der Waals surface area contributed by atoms with Gasteiger partial charge in [-0.3, -0.25) is 9.69 Å². The van der Waals surface area contributed by atoms with Crippen LogP contribution in [0.5, 0.6) is 0 Å². The molecule has 1 saturated heterocycles. The van der Waals surface area contributed by atoms with Crippen LogP contribution in [-0.2, 0) is 29.9 Å². The van der Waals surface area contributed by atoms with Gasteiger partial charge in [-0.2, -0.15) is 39.5 Å². The summed E-state index contributed by atoms with van der Waals surface area (Å²) in [6.07, 6.45) is -12.7. The van der Waals surface area contributed by atoms with Crippen LogP contribution in [0.2, 0.25) is 0 Å². The van der Waals surface area contributed by atoms with Gasteiger partial charge < -0.3 is 5.11 Å². The van der Waals surface area contributed by atoms with Crippen molar-refractivity contribution < 1.29 is 49.4 Å². The molecule has 2 aromatic carbocycles. The zero-order valence-corrected chi connectivity index (χ0v) is 19.8. The first-order valence-corrected chi connectivity index (χ1v) is 11.5. The van der Waals surface area contributed by atoms with E-state index in [0.717, 1.165) is 24.3 Å². The third-order valence-corrected chi connectivity index (χ3v) is 6.79. The lowest BCUT2D eigenvalue weighted by Gasteiger charge is -2.42. The molecule has 1 heterocycles. The van der Waals surface area contributed by atoms with Crippen LogP contribution >= 0.6 is 0 Å². The van der Waals surface area contributed by atoms with Gasteiger partial charge in [-0.1, -0.05) is 18.2 Å².